The second-order valence-electron chi connectivity index (χ2n) is 7.19. The molecule has 1 aliphatic heterocycles. The summed E-state index contributed by atoms with van der Waals surface area (Å²) in [5, 5.41) is 0.160. The Labute approximate surface area is 192 Å². The van der Waals surface area contributed by atoms with Crippen molar-refractivity contribution in [3.8, 4) is 0 Å². The summed E-state index contributed by atoms with van der Waals surface area (Å²) in [5.74, 6) is -1.18. The average molecular weight is 481 g/mol. The van der Waals surface area contributed by atoms with Gasteiger partial charge in [-0.15, -0.1) is 0 Å². The van der Waals surface area contributed by atoms with E-state index in [0.717, 1.165) is 10.7 Å². The van der Waals surface area contributed by atoms with Gasteiger partial charge >= 0.3 is 5.97 Å². The highest BCUT2D eigenvalue weighted by Crippen LogP contribution is 2.32. The van der Waals surface area contributed by atoms with Crippen LogP contribution in [0.5, 0.6) is 0 Å². The molecule has 8 nitrogen and oxygen atoms in total. The van der Waals surface area contributed by atoms with Gasteiger partial charge in [-0.1, -0.05) is 42.8 Å². The van der Waals surface area contributed by atoms with Crippen molar-refractivity contribution >= 4 is 39.2 Å². The fraction of sp³-hybridized carbons (Fsp3) is 0.364. The number of ether oxygens (including phenoxy) is 2. The number of methoxy groups -OCH3 is 1. The molecule has 0 spiro atoms. The minimum Gasteiger partial charge on any atom is -0.465 e. The summed E-state index contributed by atoms with van der Waals surface area (Å²) in [7, 11) is -3.18. The van der Waals surface area contributed by atoms with Crippen molar-refractivity contribution in [2.75, 3.05) is 37.7 Å². The molecule has 1 atom stereocenters. The van der Waals surface area contributed by atoms with Gasteiger partial charge in [-0.05, 0) is 30.7 Å². The molecule has 1 heterocycles. The molecule has 0 saturated carbocycles. The Bertz CT molecular complexity index is 1090. The van der Waals surface area contributed by atoms with Crippen LogP contribution in [0.1, 0.15) is 23.7 Å². The minimum absolute atomic E-state index is 0.0990. The number of nitrogens with zero attached hydrogens (tertiary/aromatic N) is 2. The SMILES string of the molecule is CCC1CN(C(=O)CN(c2ccccc2Cl)S(=O)(=O)c2ccccc2C(=O)OC)CCO1. The molecule has 32 heavy (non-hydrogen) atoms. The van der Waals surface area contributed by atoms with Crippen molar-refractivity contribution in [2.24, 2.45) is 0 Å². The number of morpholine rings is 1. The van der Waals surface area contributed by atoms with Crippen LogP contribution in [0.15, 0.2) is 53.4 Å². The molecule has 0 radical (unpaired) electrons. The first-order valence-electron chi connectivity index (χ1n) is 10.1. The van der Waals surface area contributed by atoms with Crippen LogP contribution in [-0.4, -0.2) is 64.6 Å². The normalized spacial score (nSPS) is 16.5. The van der Waals surface area contributed by atoms with Crippen molar-refractivity contribution in [3.63, 3.8) is 0 Å². The largest absolute Gasteiger partial charge is 0.465 e. The van der Waals surface area contributed by atoms with E-state index in [2.05, 4.69) is 0 Å². The van der Waals surface area contributed by atoms with Crippen LogP contribution in [0, 0.1) is 0 Å². The van der Waals surface area contributed by atoms with Gasteiger partial charge in [0.25, 0.3) is 10.0 Å². The zero-order valence-electron chi connectivity index (χ0n) is 17.9. The van der Waals surface area contributed by atoms with Crippen LogP contribution in [0.25, 0.3) is 0 Å². The van der Waals surface area contributed by atoms with E-state index in [-0.39, 0.29) is 33.2 Å². The number of rotatable bonds is 7. The number of benzene rings is 2. The minimum atomic E-state index is -4.35. The molecule has 2 aromatic rings. The lowest BCUT2D eigenvalue weighted by molar-refractivity contribution is -0.137. The van der Waals surface area contributed by atoms with Gasteiger partial charge in [0.2, 0.25) is 5.91 Å². The van der Waals surface area contributed by atoms with Crippen LogP contribution < -0.4 is 4.31 Å². The van der Waals surface area contributed by atoms with Gasteiger partial charge in [-0.25, -0.2) is 13.2 Å². The van der Waals surface area contributed by atoms with E-state index in [1.807, 2.05) is 6.92 Å². The third kappa shape index (κ3) is 5.06. The number of hydrogen-bond acceptors (Lipinski definition) is 6. The second kappa shape index (κ2) is 10.3. The Morgan fingerprint density at radius 2 is 1.88 bits per heavy atom. The molecule has 1 unspecified atom stereocenters. The molecule has 10 heteroatoms. The molecule has 3 rings (SSSR count). The maximum Gasteiger partial charge on any atom is 0.339 e. The topological polar surface area (TPSA) is 93.2 Å². The standard InChI is InChI=1S/C22H25ClN2O6S/c1-3-16-14-24(12-13-31-16)21(26)15-25(19-10-6-5-9-18(19)23)32(28,29)20-11-7-4-8-17(20)22(27)30-2/h4-11,16H,3,12-15H2,1-2H3. The van der Waals surface area contributed by atoms with Crippen LogP contribution in [-0.2, 0) is 24.3 Å². The fourth-order valence-corrected chi connectivity index (χ4v) is 5.36. The number of carbonyl (C=O) groups excluding carboxylic acids is 2. The number of carbonyl (C=O) groups is 2. The zero-order valence-corrected chi connectivity index (χ0v) is 19.4. The van der Waals surface area contributed by atoms with Gasteiger partial charge in [-0.3, -0.25) is 9.10 Å². The molecule has 1 saturated heterocycles. The molecule has 0 N–H and O–H groups in total. The third-order valence-electron chi connectivity index (χ3n) is 5.21. The van der Waals surface area contributed by atoms with Gasteiger partial charge < -0.3 is 14.4 Å². The monoisotopic (exact) mass is 480 g/mol. The van der Waals surface area contributed by atoms with Gasteiger partial charge in [0.15, 0.2) is 0 Å². The Morgan fingerprint density at radius 3 is 2.56 bits per heavy atom. The van der Waals surface area contributed by atoms with Gasteiger partial charge in [0.05, 0.1) is 36.1 Å². The first-order valence-corrected chi connectivity index (χ1v) is 11.9. The van der Waals surface area contributed by atoms with Crippen LogP contribution in [0.3, 0.4) is 0 Å². The van der Waals surface area contributed by atoms with Crippen LogP contribution in [0.4, 0.5) is 5.69 Å². The number of esters is 1. The maximum atomic E-state index is 13.7. The van der Waals surface area contributed by atoms with E-state index in [4.69, 9.17) is 21.1 Å². The molecule has 1 fully saturated rings. The van der Waals surface area contributed by atoms with E-state index in [1.165, 1.54) is 43.5 Å². The molecular weight excluding hydrogens is 456 g/mol. The quantitative estimate of drug-likeness (QED) is 0.565. The lowest BCUT2D eigenvalue weighted by Gasteiger charge is -2.34. The lowest BCUT2D eigenvalue weighted by atomic mass is 10.2. The molecule has 0 bridgehead atoms. The van der Waals surface area contributed by atoms with E-state index in [1.54, 1.807) is 17.0 Å². The average Bonchev–Trinajstić information content (AvgIpc) is 2.82. The molecule has 1 aliphatic rings. The summed E-state index contributed by atoms with van der Waals surface area (Å²) in [6, 6.07) is 12.0. The fourth-order valence-electron chi connectivity index (χ4n) is 3.46. The smallest absolute Gasteiger partial charge is 0.339 e. The van der Waals surface area contributed by atoms with Crippen molar-refractivity contribution in [2.45, 2.75) is 24.3 Å². The first kappa shape index (κ1) is 24.0. The Hall–Kier alpha value is -2.62. The number of para-hydroxylation sites is 1. The van der Waals surface area contributed by atoms with Gasteiger partial charge in [0.1, 0.15) is 11.4 Å². The van der Waals surface area contributed by atoms with Crippen LogP contribution in [0.2, 0.25) is 5.02 Å². The highest BCUT2D eigenvalue weighted by Gasteiger charge is 2.34. The van der Waals surface area contributed by atoms with Gasteiger partial charge in [-0.2, -0.15) is 0 Å². The van der Waals surface area contributed by atoms with Crippen molar-refractivity contribution in [1.29, 1.82) is 0 Å². The molecule has 0 aliphatic carbocycles. The summed E-state index contributed by atoms with van der Waals surface area (Å²) < 4.78 is 38.8. The first-order chi connectivity index (χ1) is 15.3. The highest BCUT2D eigenvalue weighted by atomic mass is 35.5. The van der Waals surface area contributed by atoms with Crippen molar-refractivity contribution < 1.29 is 27.5 Å². The number of hydrogen-bond donors (Lipinski definition) is 0. The maximum absolute atomic E-state index is 13.7. The van der Waals surface area contributed by atoms with E-state index >= 15 is 0 Å². The Balaban J connectivity index is 2.04. The molecule has 2 aromatic carbocycles. The summed E-state index contributed by atoms with van der Waals surface area (Å²) >= 11 is 6.31. The summed E-state index contributed by atoms with van der Waals surface area (Å²) in [5.41, 5.74) is 0.0133. The third-order valence-corrected chi connectivity index (χ3v) is 7.34. The molecule has 0 aromatic heterocycles. The lowest BCUT2D eigenvalue weighted by Crippen LogP contribution is -2.50. The summed E-state index contributed by atoms with van der Waals surface area (Å²) in [6.07, 6.45) is 0.640. The van der Waals surface area contributed by atoms with Crippen molar-refractivity contribution in [1.82, 2.24) is 4.90 Å². The number of halogens is 1. The second-order valence-corrected chi connectivity index (χ2v) is 9.43. The molecular formula is C22H25ClN2O6S. The number of anilines is 1. The predicted molar refractivity (Wildman–Crippen MR) is 120 cm³/mol. The summed E-state index contributed by atoms with van der Waals surface area (Å²) in [4.78, 5) is 26.7. The van der Waals surface area contributed by atoms with E-state index < -0.39 is 22.5 Å². The number of sulfonamides is 1. The Kier molecular flexibility index (Phi) is 7.76. The van der Waals surface area contributed by atoms with E-state index in [0.29, 0.717) is 19.7 Å². The zero-order chi connectivity index (χ0) is 23.3. The van der Waals surface area contributed by atoms with Gasteiger partial charge in [0, 0.05) is 13.1 Å². The van der Waals surface area contributed by atoms with Crippen molar-refractivity contribution in [3.05, 3.63) is 59.1 Å². The summed E-state index contributed by atoms with van der Waals surface area (Å²) in [6.45, 7) is 2.62. The van der Waals surface area contributed by atoms with E-state index in [9.17, 15) is 18.0 Å². The molecule has 172 valence electrons. The number of amides is 1. The highest BCUT2D eigenvalue weighted by molar-refractivity contribution is 7.93. The predicted octanol–water partition coefficient (Wildman–Crippen LogP) is 2.96. The molecule has 1 amide bonds. The Morgan fingerprint density at radius 1 is 1.19 bits per heavy atom. The van der Waals surface area contributed by atoms with Crippen LogP contribution >= 0.6 is 11.6 Å².